The third-order valence-electron chi connectivity index (χ3n) is 6.23. The van der Waals surface area contributed by atoms with Gasteiger partial charge in [-0.05, 0) is 69.3 Å². The molecular weight excluding hydrogens is 450 g/mol. The van der Waals surface area contributed by atoms with Crippen LogP contribution >= 0.6 is 0 Å². The van der Waals surface area contributed by atoms with Crippen LogP contribution in [0.4, 0.5) is 5.69 Å². The molecule has 7 nitrogen and oxygen atoms in total. The summed E-state index contributed by atoms with van der Waals surface area (Å²) in [5.41, 5.74) is 3.48. The maximum absolute atomic E-state index is 5.88. The Morgan fingerprint density at radius 3 is 2.33 bits per heavy atom. The number of nitrogens with zero attached hydrogens (tertiary/aromatic N) is 2. The molecule has 0 radical (unpaired) electrons. The predicted octanol–water partition coefficient (Wildman–Crippen LogP) is 4.47. The minimum atomic E-state index is -0.130. The molecule has 2 aromatic carbocycles. The second kappa shape index (κ2) is 14.3. The van der Waals surface area contributed by atoms with Gasteiger partial charge in [-0.3, -0.25) is 10.3 Å². The Labute approximate surface area is 217 Å². The van der Waals surface area contributed by atoms with E-state index in [1.807, 2.05) is 24.3 Å². The van der Waals surface area contributed by atoms with Gasteiger partial charge in [0.2, 0.25) is 0 Å². The summed E-state index contributed by atoms with van der Waals surface area (Å²) in [5, 5.41) is 10.4. The largest absolute Gasteiger partial charge is 0.492 e. The van der Waals surface area contributed by atoms with Crippen LogP contribution in [0.5, 0.6) is 5.75 Å². The van der Waals surface area contributed by atoms with E-state index < -0.39 is 0 Å². The summed E-state index contributed by atoms with van der Waals surface area (Å²) in [6.45, 7) is 17.6. The number of aliphatic imine (C=N–C) groups is 1. The second-order valence-corrected chi connectivity index (χ2v) is 10.1. The van der Waals surface area contributed by atoms with Gasteiger partial charge in [0.25, 0.3) is 0 Å². The number of rotatable bonds is 14. The Bertz CT molecular complexity index is 905. The Balaban J connectivity index is 1.39. The summed E-state index contributed by atoms with van der Waals surface area (Å²) in [7, 11) is 0. The molecule has 36 heavy (non-hydrogen) atoms. The van der Waals surface area contributed by atoms with Gasteiger partial charge in [0.15, 0.2) is 6.29 Å². The zero-order valence-electron chi connectivity index (χ0n) is 22.7. The lowest BCUT2D eigenvalue weighted by atomic mass is 9.98. The molecule has 1 aliphatic rings. The number of ether oxygens (including phenoxy) is 2. The van der Waals surface area contributed by atoms with Crippen molar-refractivity contribution in [2.24, 2.45) is 4.99 Å². The van der Waals surface area contributed by atoms with E-state index in [1.165, 1.54) is 11.1 Å². The van der Waals surface area contributed by atoms with Gasteiger partial charge in [-0.1, -0.05) is 38.1 Å². The fraction of sp³-hybridized carbons (Fsp3) is 0.552. The van der Waals surface area contributed by atoms with Crippen molar-refractivity contribution in [2.75, 3.05) is 51.3 Å². The Hall–Kier alpha value is -2.45. The first-order valence-corrected chi connectivity index (χ1v) is 13.3. The number of hydrogen-bond acceptors (Lipinski definition) is 7. The van der Waals surface area contributed by atoms with Gasteiger partial charge in [0.05, 0.1) is 12.2 Å². The van der Waals surface area contributed by atoms with Gasteiger partial charge >= 0.3 is 0 Å². The first-order chi connectivity index (χ1) is 17.4. The third kappa shape index (κ3) is 9.90. The molecule has 0 saturated heterocycles. The molecular formula is C29H45N5O2. The maximum atomic E-state index is 5.88. The van der Waals surface area contributed by atoms with Crippen molar-refractivity contribution in [3.8, 4) is 5.75 Å². The highest BCUT2D eigenvalue weighted by Crippen LogP contribution is 2.20. The lowest BCUT2D eigenvalue weighted by molar-refractivity contribution is -0.000886. The summed E-state index contributed by atoms with van der Waals surface area (Å²) >= 11 is 0. The van der Waals surface area contributed by atoms with Gasteiger partial charge in [-0.25, -0.2) is 0 Å². The number of anilines is 1. The van der Waals surface area contributed by atoms with Crippen LogP contribution in [0.15, 0.2) is 53.5 Å². The van der Waals surface area contributed by atoms with Gasteiger partial charge < -0.3 is 25.0 Å². The quantitative estimate of drug-likeness (QED) is 0.336. The molecule has 2 unspecified atom stereocenters. The average molecular weight is 496 g/mol. The van der Waals surface area contributed by atoms with Crippen molar-refractivity contribution >= 4 is 11.9 Å². The molecule has 0 spiro atoms. The number of likely N-dealkylation sites (N-methyl/N-ethyl adjacent to an activating group) is 1. The minimum absolute atomic E-state index is 0.0853. The standard InChI is InChI=1S/C29H45N5O2/c1-6-34(7-2)17-19-35-27-14-12-26(13-15-27)33-28-31-21-25(22-32-28)24-10-8-23(9-11-24)20-30-16-18-36-29(3,4)5/h8-15,21,25,28,30,32-33H,6-7,16-20,22H2,1-5H3. The normalized spacial score (nSPS) is 17.9. The van der Waals surface area contributed by atoms with Crippen molar-refractivity contribution in [3.63, 3.8) is 0 Å². The first kappa shape index (κ1) is 28.1. The lowest BCUT2D eigenvalue weighted by Gasteiger charge is -2.25. The fourth-order valence-corrected chi connectivity index (χ4v) is 4.01. The second-order valence-electron chi connectivity index (χ2n) is 10.1. The van der Waals surface area contributed by atoms with Crippen molar-refractivity contribution in [3.05, 3.63) is 59.7 Å². The van der Waals surface area contributed by atoms with Crippen LogP contribution in [-0.2, 0) is 11.3 Å². The van der Waals surface area contributed by atoms with E-state index in [0.29, 0.717) is 6.61 Å². The molecule has 0 saturated carbocycles. The monoisotopic (exact) mass is 495 g/mol. The average Bonchev–Trinajstić information content (AvgIpc) is 2.88. The van der Waals surface area contributed by atoms with Crippen LogP contribution in [0.1, 0.15) is 51.7 Å². The Morgan fingerprint density at radius 2 is 1.72 bits per heavy atom. The molecule has 3 N–H and O–H groups in total. The van der Waals surface area contributed by atoms with Crippen molar-refractivity contribution in [1.82, 2.24) is 15.5 Å². The summed E-state index contributed by atoms with van der Waals surface area (Å²) in [4.78, 5) is 7.05. The summed E-state index contributed by atoms with van der Waals surface area (Å²) in [5.74, 6) is 1.16. The topological polar surface area (TPSA) is 70.2 Å². The molecule has 2 aromatic rings. The highest BCUT2D eigenvalue weighted by Gasteiger charge is 2.17. The van der Waals surface area contributed by atoms with E-state index in [4.69, 9.17) is 14.5 Å². The number of benzene rings is 2. The Kier molecular flexibility index (Phi) is 11.2. The highest BCUT2D eigenvalue weighted by atomic mass is 16.5. The summed E-state index contributed by atoms with van der Waals surface area (Å²) in [6, 6.07) is 16.9. The molecule has 1 heterocycles. The molecule has 0 aromatic heterocycles. The molecule has 2 atom stereocenters. The van der Waals surface area contributed by atoms with Gasteiger partial charge in [-0.15, -0.1) is 0 Å². The van der Waals surface area contributed by atoms with Gasteiger partial charge in [0, 0.05) is 44.0 Å². The van der Waals surface area contributed by atoms with Crippen molar-refractivity contribution in [1.29, 1.82) is 0 Å². The van der Waals surface area contributed by atoms with E-state index in [-0.39, 0.29) is 17.8 Å². The van der Waals surface area contributed by atoms with Crippen molar-refractivity contribution in [2.45, 2.75) is 59.0 Å². The molecule has 3 rings (SSSR count). The summed E-state index contributed by atoms with van der Waals surface area (Å²) < 4.78 is 11.6. The van der Waals surface area contributed by atoms with Crippen LogP contribution < -0.4 is 20.7 Å². The zero-order chi connectivity index (χ0) is 25.8. The molecule has 0 fully saturated rings. The van der Waals surface area contributed by atoms with E-state index in [9.17, 15) is 0 Å². The molecule has 7 heteroatoms. The van der Waals surface area contributed by atoms with E-state index >= 15 is 0 Å². The summed E-state index contributed by atoms with van der Waals surface area (Å²) in [6.07, 6.45) is 1.92. The minimum Gasteiger partial charge on any atom is -0.492 e. The van der Waals surface area contributed by atoms with Crippen LogP contribution in [-0.4, -0.2) is 68.9 Å². The molecule has 0 amide bonds. The fourth-order valence-electron chi connectivity index (χ4n) is 4.01. The van der Waals surface area contributed by atoms with Crippen molar-refractivity contribution < 1.29 is 9.47 Å². The van der Waals surface area contributed by atoms with Crippen LogP contribution in [0, 0.1) is 0 Å². The lowest BCUT2D eigenvalue weighted by Crippen LogP contribution is -2.41. The van der Waals surface area contributed by atoms with E-state index in [1.54, 1.807) is 0 Å². The predicted molar refractivity (Wildman–Crippen MR) is 150 cm³/mol. The molecule has 0 bridgehead atoms. The van der Waals surface area contributed by atoms with E-state index in [2.05, 4.69) is 85.9 Å². The van der Waals surface area contributed by atoms with E-state index in [0.717, 1.165) is 57.3 Å². The van der Waals surface area contributed by atoms with Crippen LogP contribution in [0.25, 0.3) is 0 Å². The smallest absolute Gasteiger partial charge is 0.173 e. The first-order valence-electron chi connectivity index (χ1n) is 13.3. The molecule has 198 valence electrons. The van der Waals surface area contributed by atoms with Crippen LogP contribution in [0.2, 0.25) is 0 Å². The third-order valence-corrected chi connectivity index (χ3v) is 6.23. The van der Waals surface area contributed by atoms with Gasteiger partial charge in [-0.2, -0.15) is 0 Å². The Morgan fingerprint density at radius 1 is 1.00 bits per heavy atom. The SMILES string of the molecule is CCN(CC)CCOc1ccc(NC2N=CC(c3ccc(CNCCOC(C)(C)C)cc3)CN2)cc1. The van der Waals surface area contributed by atoms with Gasteiger partial charge in [0.1, 0.15) is 12.4 Å². The number of hydrogen-bond donors (Lipinski definition) is 3. The zero-order valence-corrected chi connectivity index (χ0v) is 22.7. The molecule has 1 aliphatic heterocycles. The molecule has 0 aliphatic carbocycles. The maximum Gasteiger partial charge on any atom is 0.173 e. The highest BCUT2D eigenvalue weighted by molar-refractivity contribution is 5.69. The van der Waals surface area contributed by atoms with Crippen LogP contribution in [0.3, 0.4) is 0 Å². The number of nitrogens with one attached hydrogen (secondary N) is 3.